The van der Waals surface area contributed by atoms with Crippen molar-refractivity contribution in [2.24, 2.45) is 0 Å². The van der Waals surface area contributed by atoms with Gasteiger partial charge in [0.15, 0.2) is 11.6 Å². The highest BCUT2D eigenvalue weighted by molar-refractivity contribution is 7.18. The highest BCUT2D eigenvalue weighted by Gasteiger charge is 2.21. The van der Waals surface area contributed by atoms with Gasteiger partial charge in [0.25, 0.3) is 5.56 Å². The number of nitrogens with zero attached hydrogens (tertiary/aromatic N) is 2. The highest BCUT2D eigenvalue weighted by atomic mass is 32.1. The minimum absolute atomic E-state index is 0.0847. The first-order valence-electron chi connectivity index (χ1n) is 9.67. The van der Waals surface area contributed by atoms with Gasteiger partial charge in [-0.25, -0.2) is 9.37 Å². The molecule has 6 nitrogen and oxygen atoms in total. The van der Waals surface area contributed by atoms with Crippen molar-refractivity contribution < 1.29 is 13.9 Å². The molecule has 3 aromatic rings. The van der Waals surface area contributed by atoms with E-state index in [1.165, 1.54) is 15.8 Å². The van der Waals surface area contributed by atoms with Gasteiger partial charge >= 0.3 is 0 Å². The number of ether oxygens (including phenoxy) is 1. The molecule has 1 aliphatic carbocycles. The van der Waals surface area contributed by atoms with Gasteiger partial charge < -0.3 is 14.6 Å². The van der Waals surface area contributed by atoms with Crippen molar-refractivity contribution in [1.29, 1.82) is 0 Å². The van der Waals surface area contributed by atoms with Crippen LogP contribution in [0.1, 0.15) is 29.1 Å². The summed E-state index contributed by atoms with van der Waals surface area (Å²) in [6, 6.07) is 6.17. The monoisotopic (exact) mass is 415 g/mol. The number of aryl methyl sites for hydroxylation is 3. The molecule has 0 atom stereocenters. The lowest BCUT2D eigenvalue weighted by Gasteiger charge is -2.17. The predicted molar refractivity (Wildman–Crippen MR) is 110 cm³/mol. The maximum absolute atomic E-state index is 13.5. The molecule has 0 unspecified atom stereocenters. The molecular formula is C21H22FN3O3S. The quantitative estimate of drug-likeness (QED) is 0.644. The Hall–Kier alpha value is -2.74. The van der Waals surface area contributed by atoms with Gasteiger partial charge in [-0.05, 0) is 37.0 Å². The number of benzene rings is 1. The molecule has 1 aromatic carbocycles. The summed E-state index contributed by atoms with van der Waals surface area (Å²) in [6.07, 6.45) is 3.65. The molecule has 0 saturated carbocycles. The van der Waals surface area contributed by atoms with E-state index in [1.54, 1.807) is 36.6 Å². The lowest BCUT2D eigenvalue weighted by molar-refractivity contribution is -0.130. The van der Waals surface area contributed by atoms with Crippen LogP contribution in [0.4, 0.5) is 4.39 Å². The number of likely N-dealkylation sites (N-methyl/N-ethyl adjacent to an activating group) is 1. The van der Waals surface area contributed by atoms with E-state index in [0.717, 1.165) is 35.0 Å². The highest BCUT2D eigenvalue weighted by Crippen LogP contribution is 2.34. The molecule has 1 amide bonds. The number of hydrogen-bond donors (Lipinski definition) is 1. The first kappa shape index (κ1) is 19.6. The van der Waals surface area contributed by atoms with Crippen LogP contribution in [-0.2, 0) is 24.1 Å². The van der Waals surface area contributed by atoms with Crippen molar-refractivity contribution in [3.8, 4) is 5.75 Å². The number of para-hydroxylation sites is 1. The number of fused-ring (bicyclic) bond motifs is 3. The number of H-pyrrole nitrogens is 1. The molecule has 0 spiro atoms. The van der Waals surface area contributed by atoms with E-state index in [9.17, 15) is 14.0 Å². The maximum atomic E-state index is 13.5. The van der Waals surface area contributed by atoms with Crippen molar-refractivity contribution in [2.45, 2.75) is 32.1 Å². The number of aromatic nitrogens is 2. The van der Waals surface area contributed by atoms with E-state index < -0.39 is 5.82 Å². The number of aromatic amines is 1. The molecule has 2 aromatic heterocycles. The van der Waals surface area contributed by atoms with Crippen LogP contribution in [-0.4, -0.2) is 41.0 Å². The number of rotatable bonds is 7. The normalized spacial score (nSPS) is 12.9. The number of nitrogens with one attached hydrogen (secondary N) is 1. The molecule has 4 rings (SSSR count). The molecule has 2 heterocycles. The molecule has 0 bridgehead atoms. The van der Waals surface area contributed by atoms with Crippen LogP contribution in [0.25, 0.3) is 10.2 Å². The Balaban J connectivity index is 1.32. The Morgan fingerprint density at radius 3 is 3.00 bits per heavy atom. The first-order chi connectivity index (χ1) is 14.0. The van der Waals surface area contributed by atoms with E-state index in [2.05, 4.69) is 9.97 Å². The third-order valence-electron chi connectivity index (χ3n) is 5.15. The molecule has 8 heteroatoms. The standard InChI is InChI=1S/C21H22FN3O3S/c1-25(11-12-28-15-7-3-2-6-14(15)22)18(26)10-9-17-23-20(27)19-13-5-4-8-16(13)29-21(19)24-17/h2-3,6-7H,4-5,8-12H2,1H3,(H,23,24,27). The second-order valence-corrected chi connectivity index (χ2v) is 8.23. The van der Waals surface area contributed by atoms with Gasteiger partial charge in [0, 0.05) is 24.8 Å². The Morgan fingerprint density at radius 1 is 1.34 bits per heavy atom. The van der Waals surface area contributed by atoms with E-state index in [1.807, 2.05) is 0 Å². The lowest BCUT2D eigenvalue weighted by Crippen LogP contribution is -2.31. The van der Waals surface area contributed by atoms with Gasteiger partial charge in [0.1, 0.15) is 17.3 Å². The fourth-order valence-corrected chi connectivity index (χ4v) is 4.84. The second-order valence-electron chi connectivity index (χ2n) is 7.14. The topological polar surface area (TPSA) is 75.3 Å². The molecular weight excluding hydrogens is 393 g/mol. The number of amides is 1. The van der Waals surface area contributed by atoms with Gasteiger partial charge in [-0.1, -0.05) is 12.1 Å². The number of halogens is 1. The minimum Gasteiger partial charge on any atom is -0.489 e. The summed E-state index contributed by atoms with van der Waals surface area (Å²) in [5, 5.41) is 0.722. The fourth-order valence-electron chi connectivity index (χ4n) is 3.56. The summed E-state index contributed by atoms with van der Waals surface area (Å²) in [4.78, 5) is 35.8. The van der Waals surface area contributed by atoms with Crippen molar-refractivity contribution >= 4 is 27.5 Å². The average Bonchev–Trinajstić information content (AvgIpc) is 3.28. The summed E-state index contributed by atoms with van der Waals surface area (Å²) < 4.78 is 18.9. The van der Waals surface area contributed by atoms with Crippen LogP contribution in [0.2, 0.25) is 0 Å². The lowest BCUT2D eigenvalue weighted by atomic mass is 10.2. The molecule has 0 saturated heterocycles. The number of thiophene rings is 1. The van der Waals surface area contributed by atoms with Gasteiger partial charge in [0.05, 0.1) is 11.9 Å². The van der Waals surface area contributed by atoms with Crippen LogP contribution >= 0.6 is 11.3 Å². The second kappa shape index (κ2) is 8.32. The predicted octanol–water partition coefficient (Wildman–Crippen LogP) is 3.08. The van der Waals surface area contributed by atoms with Crippen molar-refractivity contribution in [3.05, 3.63) is 56.7 Å². The molecule has 1 aliphatic rings. The molecule has 0 fully saturated rings. The zero-order chi connectivity index (χ0) is 20.4. The summed E-state index contributed by atoms with van der Waals surface area (Å²) in [6.45, 7) is 0.540. The number of carbonyl (C=O) groups excluding carboxylic acids is 1. The Kier molecular flexibility index (Phi) is 5.62. The number of carbonyl (C=O) groups is 1. The van der Waals surface area contributed by atoms with Gasteiger partial charge in [-0.3, -0.25) is 9.59 Å². The SMILES string of the molecule is CN(CCOc1ccccc1F)C(=O)CCc1nc2sc3c(c2c(=O)[nH]1)CCC3. The summed E-state index contributed by atoms with van der Waals surface area (Å²) in [7, 11) is 1.68. The van der Waals surface area contributed by atoms with Crippen molar-refractivity contribution in [1.82, 2.24) is 14.9 Å². The van der Waals surface area contributed by atoms with Crippen molar-refractivity contribution in [3.63, 3.8) is 0 Å². The third-order valence-corrected chi connectivity index (χ3v) is 6.33. The van der Waals surface area contributed by atoms with Gasteiger partial charge in [-0.2, -0.15) is 0 Å². The van der Waals surface area contributed by atoms with Gasteiger partial charge in [-0.15, -0.1) is 11.3 Å². The Labute approximate surface area is 171 Å². The zero-order valence-corrected chi connectivity index (χ0v) is 17.0. The smallest absolute Gasteiger partial charge is 0.259 e. The maximum Gasteiger partial charge on any atom is 0.259 e. The van der Waals surface area contributed by atoms with Gasteiger partial charge in [0.2, 0.25) is 5.91 Å². The van der Waals surface area contributed by atoms with Crippen LogP contribution in [0.15, 0.2) is 29.1 Å². The molecule has 0 radical (unpaired) electrons. The first-order valence-corrected chi connectivity index (χ1v) is 10.5. The fraction of sp³-hybridized carbons (Fsp3) is 0.381. The third kappa shape index (κ3) is 4.17. The van der Waals surface area contributed by atoms with Crippen LogP contribution in [0, 0.1) is 5.82 Å². The van der Waals surface area contributed by atoms with E-state index >= 15 is 0 Å². The van der Waals surface area contributed by atoms with Crippen LogP contribution in [0.5, 0.6) is 5.75 Å². The Morgan fingerprint density at radius 2 is 2.17 bits per heavy atom. The van der Waals surface area contributed by atoms with E-state index in [0.29, 0.717) is 18.8 Å². The summed E-state index contributed by atoms with van der Waals surface area (Å²) in [5.41, 5.74) is 1.04. The largest absolute Gasteiger partial charge is 0.489 e. The number of hydrogen-bond acceptors (Lipinski definition) is 5. The summed E-state index contributed by atoms with van der Waals surface area (Å²) in [5.74, 6) is 0.197. The minimum atomic E-state index is -0.425. The van der Waals surface area contributed by atoms with E-state index in [4.69, 9.17) is 4.74 Å². The van der Waals surface area contributed by atoms with E-state index in [-0.39, 0.29) is 30.2 Å². The molecule has 1 N–H and O–H groups in total. The summed E-state index contributed by atoms with van der Waals surface area (Å²) >= 11 is 1.59. The zero-order valence-electron chi connectivity index (χ0n) is 16.2. The van der Waals surface area contributed by atoms with Crippen LogP contribution < -0.4 is 10.3 Å². The van der Waals surface area contributed by atoms with Crippen molar-refractivity contribution in [2.75, 3.05) is 20.2 Å². The average molecular weight is 415 g/mol. The van der Waals surface area contributed by atoms with Crippen LogP contribution in [0.3, 0.4) is 0 Å². The molecule has 152 valence electrons. The Bertz CT molecular complexity index is 1110. The molecule has 29 heavy (non-hydrogen) atoms. The molecule has 0 aliphatic heterocycles.